The second kappa shape index (κ2) is 4.98. The Balaban J connectivity index is 3.75. The zero-order valence-electron chi connectivity index (χ0n) is 10.9. The fourth-order valence-electron chi connectivity index (χ4n) is 1.89. The second-order valence-corrected chi connectivity index (χ2v) is 6.70. The first kappa shape index (κ1) is 16.9. The van der Waals surface area contributed by atoms with Crippen LogP contribution in [-0.2, 0) is 15.8 Å². The lowest BCUT2D eigenvalue weighted by Crippen LogP contribution is -2.35. The van der Waals surface area contributed by atoms with Crippen molar-refractivity contribution >= 4 is 9.84 Å². The summed E-state index contributed by atoms with van der Waals surface area (Å²) in [7, 11) is -3.91. The zero-order valence-corrected chi connectivity index (χ0v) is 11.7. The molecule has 0 saturated heterocycles. The highest BCUT2D eigenvalue weighted by atomic mass is 32.2. The lowest BCUT2D eigenvalue weighted by atomic mass is 9.93. The Hall–Kier alpha value is -1.18. The molecule has 0 unspecified atom stereocenters. The molecule has 0 aliphatic heterocycles. The van der Waals surface area contributed by atoms with Crippen molar-refractivity contribution in [1.82, 2.24) is 0 Å². The second-order valence-electron chi connectivity index (χ2n) is 4.72. The Morgan fingerprint density at radius 2 is 1.55 bits per heavy atom. The van der Waals surface area contributed by atoms with Gasteiger partial charge in [0.1, 0.15) is 0 Å². The van der Waals surface area contributed by atoms with Crippen molar-refractivity contribution in [2.24, 2.45) is 0 Å². The summed E-state index contributed by atoms with van der Waals surface area (Å²) in [5.74, 6) is -5.91. The zero-order chi connectivity index (χ0) is 15.9. The highest BCUT2D eigenvalue weighted by molar-refractivity contribution is 7.90. The largest absolute Gasteiger partial charge is 0.458 e. The minimum Gasteiger partial charge on any atom is -0.224 e. The van der Waals surface area contributed by atoms with E-state index in [1.54, 1.807) is 0 Å². The minimum atomic E-state index is -5.78. The van der Waals surface area contributed by atoms with E-state index < -0.39 is 43.9 Å². The maximum absolute atomic E-state index is 13.5. The summed E-state index contributed by atoms with van der Waals surface area (Å²) in [6, 6.07) is 2.52. The van der Waals surface area contributed by atoms with Gasteiger partial charge in [-0.3, -0.25) is 0 Å². The van der Waals surface area contributed by atoms with Crippen LogP contribution in [0, 0.1) is 0 Å². The summed E-state index contributed by atoms with van der Waals surface area (Å²) in [5, 5.41) is 0. The average Bonchev–Trinajstić information content (AvgIpc) is 2.25. The molecule has 0 saturated carbocycles. The van der Waals surface area contributed by atoms with Crippen LogP contribution in [0.15, 0.2) is 23.1 Å². The SMILES string of the molecule is CC(C)c1c(C(F)(F)C(F)(F)F)cccc1S(C)(=O)=O. The van der Waals surface area contributed by atoms with Crippen molar-refractivity contribution in [3.8, 4) is 0 Å². The van der Waals surface area contributed by atoms with E-state index in [-0.39, 0.29) is 0 Å². The number of halogens is 5. The standard InChI is InChI=1S/C12H13F5O2S/c1-7(2)10-8(11(13,14)12(15,16)17)5-4-6-9(10)20(3,18)19/h4-7H,1-3H3. The Bertz CT molecular complexity index is 603. The molecule has 0 heterocycles. The van der Waals surface area contributed by atoms with E-state index in [1.165, 1.54) is 13.8 Å². The molecule has 0 bridgehead atoms. The van der Waals surface area contributed by atoms with E-state index in [9.17, 15) is 30.4 Å². The first-order chi connectivity index (χ1) is 8.80. The van der Waals surface area contributed by atoms with Crippen LogP contribution in [0.25, 0.3) is 0 Å². The molecule has 0 amide bonds. The van der Waals surface area contributed by atoms with Gasteiger partial charge in [-0.1, -0.05) is 26.0 Å². The van der Waals surface area contributed by atoms with Gasteiger partial charge in [-0.25, -0.2) is 8.42 Å². The number of rotatable bonds is 3. The number of sulfone groups is 1. The number of benzene rings is 1. The van der Waals surface area contributed by atoms with Crippen LogP contribution < -0.4 is 0 Å². The Morgan fingerprint density at radius 1 is 1.05 bits per heavy atom. The molecule has 0 N–H and O–H groups in total. The third-order valence-electron chi connectivity index (χ3n) is 2.74. The third-order valence-corrected chi connectivity index (χ3v) is 3.89. The topological polar surface area (TPSA) is 34.1 Å². The van der Waals surface area contributed by atoms with E-state index in [0.29, 0.717) is 6.07 Å². The molecule has 8 heteroatoms. The molecule has 0 fully saturated rings. The lowest BCUT2D eigenvalue weighted by Gasteiger charge is -2.25. The van der Waals surface area contributed by atoms with Crippen LogP contribution in [0.5, 0.6) is 0 Å². The van der Waals surface area contributed by atoms with Crippen LogP contribution in [0.1, 0.15) is 30.9 Å². The lowest BCUT2D eigenvalue weighted by molar-refractivity contribution is -0.289. The molecule has 20 heavy (non-hydrogen) atoms. The number of hydrogen-bond donors (Lipinski definition) is 0. The normalized spacial score (nSPS) is 13.8. The quantitative estimate of drug-likeness (QED) is 0.793. The van der Waals surface area contributed by atoms with Gasteiger partial charge in [0, 0.05) is 11.8 Å². The monoisotopic (exact) mass is 316 g/mol. The summed E-state index contributed by atoms with van der Waals surface area (Å²) in [4.78, 5) is -0.506. The molecule has 0 aromatic heterocycles. The van der Waals surface area contributed by atoms with Crippen molar-refractivity contribution in [3.05, 3.63) is 29.3 Å². The minimum absolute atomic E-state index is 0.502. The van der Waals surface area contributed by atoms with E-state index in [4.69, 9.17) is 0 Å². The molecule has 0 atom stereocenters. The van der Waals surface area contributed by atoms with Crippen LogP contribution in [0.3, 0.4) is 0 Å². The van der Waals surface area contributed by atoms with Gasteiger partial charge in [-0.15, -0.1) is 0 Å². The summed E-state index contributed by atoms with van der Waals surface area (Å²) in [6.45, 7) is 2.72. The van der Waals surface area contributed by atoms with Crippen molar-refractivity contribution < 1.29 is 30.4 Å². The van der Waals surface area contributed by atoms with Crippen molar-refractivity contribution in [3.63, 3.8) is 0 Å². The van der Waals surface area contributed by atoms with Gasteiger partial charge in [0.05, 0.1) is 4.90 Å². The van der Waals surface area contributed by atoms with Gasteiger partial charge in [0.25, 0.3) is 0 Å². The van der Waals surface area contributed by atoms with Gasteiger partial charge >= 0.3 is 12.1 Å². The van der Waals surface area contributed by atoms with Crippen molar-refractivity contribution in [1.29, 1.82) is 0 Å². The highest BCUT2D eigenvalue weighted by Crippen LogP contribution is 2.47. The summed E-state index contributed by atoms with van der Waals surface area (Å²) in [6.07, 6.45) is -5.02. The maximum Gasteiger partial charge on any atom is 0.458 e. The van der Waals surface area contributed by atoms with Gasteiger partial charge in [0.2, 0.25) is 0 Å². The molecule has 1 aromatic carbocycles. The first-order valence-electron chi connectivity index (χ1n) is 5.58. The summed E-state index contributed by atoms with van der Waals surface area (Å²) in [5.41, 5.74) is -1.82. The molecule has 0 aliphatic rings. The third kappa shape index (κ3) is 2.94. The molecule has 0 radical (unpaired) electrons. The van der Waals surface area contributed by atoms with Crippen LogP contribution >= 0.6 is 0 Å². The van der Waals surface area contributed by atoms with Crippen LogP contribution in [0.2, 0.25) is 0 Å². The Morgan fingerprint density at radius 3 is 1.90 bits per heavy atom. The Labute approximate surface area is 113 Å². The van der Waals surface area contributed by atoms with E-state index in [0.717, 1.165) is 18.4 Å². The van der Waals surface area contributed by atoms with Crippen molar-refractivity contribution in [2.75, 3.05) is 6.26 Å². The molecule has 0 aliphatic carbocycles. The molecular weight excluding hydrogens is 303 g/mol. The summed E-state index contributed by atoms with van der Waals surface area (Å²) >= 11 is 0. The predicted octanol–water partition coefficient (Wildman–Crippen LogP) is 3.87. The molecule has 0 spiro atoms. The summed E-state index contributed by atoms with van der Waals surface area (Å²) < 4.78 is 87.7. The fraction of sp³-hybridized carbons (Fsp3) is 0.500. The maximum atomic E-state index is 13.5. The predicted molar refractivity (Wildman–Crippen MR) is 63.6 cm³/mol. The molecule has 2 nitrogen and oxygen atoms in total. The molecule has 1 rings (SSSR count). The highest BCUT2D eigenvalue weighted by Gasteiger charge is 2.59. The fourth-order valence-corrected chi connectivity index (χ4v) is 2.96. The van der Waals surface area contributed by atoms with Gasteiger partial charge < -0.3 is 0 Å². The Kier molecular flexibility index (Phi) is 4.20. The van der Waals surface area contributed by atoms with Crippen LogP contribution in [0.4, 0.5) is 22.0 Å². The van der Waals surface area contributed by atoms with Gasteiger partial charge in [0.15, 0.2) is 9.84 Å². The average molecular weight is 316 g/mol. The van der Waals surface area contributed by atoms with Gasteiger partial charge in [-0.05, 0) is 17.5 Å². The smallest absolute Gasteiger partial charge is 0.224 e. The molecule has 1 aromatic rings. The van der Waals surface area contributed by atoms with E-state index in [1.807, 2.05) is 0 Å². The number of alkyl halides is 5. The van der Waals surface area contributed by atoms with E-state index >= 15 is 0 Å². The van der Waals surface area contributed by atoms with Gasteiger partial charge in [-0.2, -0.15) is 22.0 Å². The van der Waals surface area contributed by atoms with E-state index in [2.05, 4.69) is 0 Å². The number of hydrogen-bond acceptors (Lipinski definition) is 2. The van der Waals surface area contributed by atoms with Crippen LogP contribution in [-0.4, -0.2) is 20.8 Å². The van der Waals surface area contributed by atoms with Crippen molar-refractivity contribution in [2.45, 2.75) is 36.8 Å². The molecular formula is C12H13F5O2S. The molecule has 114 valence electrons. The first-order valence-corrected chi connectivity index (χ1v) is 7.47.